The molecule has 3 heteroatoms. The zero-order chi connectivity index (χ0) is 7.83. The van der Waals surface area contributed by atoms with E-state index in [0.29, 0.717) is 0 Å². The van der Waals surface area contributed by atoms with Crippen LogP contribution in [0.3, 0.4) is 0 Å². The molecule has 1 saturated heterocycles. The van der Waals surface area contributed by atoms with E-state index in [1.165, 1.54) is 0 Å². The van der Waals surface area contributed by atoms with Crippen LogP contribution in [0.1, 0.15) is 27.7 Å². The molecule has 0 bridgehead atoms. The predicted molar refractivity (Wildman–Crippen MR) is 38.3 cm³/mol. The van der Waals surface area contributed by atoms with E-state index in [1.54, 1.807) is 0 Å². The fraction of sp³-hybridized carbons (Fsp3) is 1.00. The average molecular weight is 145 g/mol. The second-order valence-electron chi connectivity index (χ2n) is 3.84. The summed E-state index contributed by atoms with van der Waals surface area (Å²) in [6.07, 6.45) is 0. The summed E-state index contributed by atoms with van der Waals surface area (Å²) < 4.78 is 5.06. The van der Waals surface area contributed by atoms with Gasteiger partial charge in [0.25, 0.3) is 0 Å². The molecule has 3 nitrogen and oxygen atoms in total. The molecule has 1 unspecified atom stereocenters. The highest BCUT2D eigenvalue weighted by Crippen LogP contribution is 2.22. The maximum absolute atomic E-state index is 5.28. The van der Waals surface area contributed by atoms with Crippen molar-refractivity contribution in [2.45, 2.75) is 39.0 Å². The number of ether oxygens (including phenoxy) is 1. The molecular formula is C7H15NO2. The minimum atomic E-state index is -0.215. The van der Waals surface area contributed by atoms with Gasteiger partial charge in [0.1, 0.15) is 0 Å². The van der Waals surface area contributed by atoms with Crippen LogP contribution in [0.15, 0.2) is 0 Å². The molecule has 1 aliphatic heterocycles. The maximum atomic E-state index is 5.28. The summed E-state index contributed by atoms with van der Waals surface area (Å²) >= 11 is 0. The summed E-state index contributed by atoms with van der Waals surface area (Å²) in [5.74, 6) is 0. The van der Waals surface area contributed by atoms with Crippen LogP contribution in [-0.4, -0.2) is 17.9 Å². The summed E-state index contributed by atoms with van der Waals surface area (Å²) in [5, 5.41) is 0. The van der Waals surface area contributed by atoms with Gasteiger partial charge in [-0.3, -0.25) is 4.84 Å². The second-order valence-corrected chi connectivity index (χ2v) is 3.84. The van der Waals surface area contributed by atoms with Crippen LogP contribution in [0.25, 0.3) is 0 Å². The molecule has 1 fully saturated rings. The van der Waals surface area contributed by atoms with Gasteiger partial charge in [0.05, 0.1) is 12.2 Å². The minimum absolute atomic E-state index is 0.144. The highest BCUT2D eigenvalue weighted by atomic mass is 16.7. The first-order chi connectivity index (χ1) is 4.41. The van der Waals surface area contributed by atoms with E-state index < -0.39 is 0 Å². The lowest BCUT2D eigenvalue weighted by molar-refractivity contribution is -0.108. The molecule has 1 rings (SSSR count). The fourth-order valence-electron chi connectivity index (χ4n) is 0.428. The van der Waals surface area contributed by atoms with Gasteiger partial charge in [0.2, 0.25) is 0 Å². The van der Waals surface area contributed by atoms with Crippen molar-refractivity contribution in [3.05, 3.63) is 0 Å². The van der Waals surface area contributed by atoms with E-state index in [4.69, 9.17) is 9.57 Å². The molecule has 1 atom stereocenters. The first-order valence-corrected chi connectivity index (χ1v) is 3.50. The Morgan fingerprint density at radius 3 is 2.30 bits per heavy atom. The summed E-state index contributed by atoms with van der Waals surface area (Å²) in [6.45, 7) is 8.67. The molecule has 0 saturated carbocycles. The summed E-state index contributed by atoms with van der Waals surface area (Å²) in [4.78, 5) is 5.28. The van der Waals surface area contributed by atoms with E-state index in [-0.39, 0.29) is 11.3 Å². The minimum Gasteiger partial charge on any atom is -0.352 e. The Balaban J connectivity index is 2.17. The van der Waals surface area contributed by atoms with Crippen molar-refractivity contribution in [1.82, 2.24) is 5.48 Å². The van der Waals surface area contributed by atoms with Crippen molar-refractivity contribution in [2.24, 2.45) is 0 Å². The van der Waals surface area contributed by atoms with Crippen LogP contribution in [0.2, 0.25) is 0 Å². The van der Waals surface area contributed by atoms with Crippen LogP contribution in [0, 0.1) is 0 Å². The molecule has 0 aromatic carbocycles. The predicted octanol–water partition coefficient (Wildman–Crippen LogP) is 1.05. The Bertz CT molecular complexity index is 119. The highest BCUT2D eigenvalue weighted by Gasteiger charge is 2.40. The van der Waals surface area contributed by atoms with Crippen LogP contribution >= 0.6 is 0 Å². The van der Waals surface area contributed by atoms with Gasteiger partial charge in [-0.25, -0.2) is 0 Å². The van der Waals surface area contributed by atoms with E-state index >= 15 is 0 Å². The fourth-order valence-corrected chi connectivity index (χ4v) is 0.428. The van der Waals surface area contributed by atoms with Gasteiger partial charge in [-0.2, -0.15) is 5.48 Å². The van der Waals surface area contributed by atoms with E-state index in [1.807, 2.05) is 27.7 Å². The first-order valence-electron chi connectivity index (χ1n) is 3.50. The summed E-state index contributed by atoms with van der Waals surface area (Å²) in [6, 6.07) is 0. The van der Waals surface area contributed by atoms with Gasteiger partial charge in [0, 0.05) is 0 Å². The molecule has 10 heavy (non-hydrogen) atoms. The molecule has 1 heterocycles. The SMILES string of the molecule is CC(C)(C)ONC1(C)CO1. The lowest BCUT2D eigenvalue weighted by Crippen LogP contribution is -2.37. The number of epoxide rings is 1. The lowest BCUT2D eigenvalue weighted by Gasteiger charge is -2.20. The molecule has 0 radical (unpaired) electrons. The molecule has 0 aromatic rings. The molecule has 60 valence electrons. The van der Waals surface area contributed by atoms with Crippen molar-refractivity contribution < 1.29 is 9.57 Å². The summed E-state index contributed by atoms with van der Waals surface area (Å²) in [7, 11) is 0. The quantitative estimate of drug-likeness (QED) is 0.466. The zero-order valence-electron chi connectivity index (χ0n) is 7.02. The van der Waals surface area contributed by atoms with Crippen molar-refractivity contribution in [3.8, 4) is 0 Å². The Morgan fingerprint density at radius 2 is 2.00 bits per heavy atom. The van der Waals surface area contributed by atoms with Crippen LogP contribution in [-0.2, 0) is 9.57 Å². The van der Waals surface area contributed by atoms with Gasteiger partial charge >= 0.3 is 0 Å². The number of hydrogen-bond acceptors (Lipinski definition) is 3. The van der Waals surface area contributed by atoms with E-state index in [0.717, 1.165) is 6.61 Å². The number of nitrogens with one attached hydrogen (secondary N) is 1. The second kappa shape index (κ2) is 2.19. The van der Waals surface area contributed by atoms with E-state index in [2.05, 4.69) is 5.48 Å². The molecule has 0 aromatic heterocycles. The largest absolute Gasteiger partial charge is 0.352 e. The van der Waals surface area contributed by atoms with Gasteiger partial charge in [0.15, 0.2) is 5.72 Å². The maximum Gasteiger partial charge on any atom is 0.161 e. The highest BCUT2D eigenvalue weighted by molar-refractivity contribution is 4.80. The third-order valence-corrected chi connectivity index (χ3v) is 1.15. The van der Waals surface area contributed by atoms with Crippen molar-refractivity contribution in [2.75, 3.05) is 6.61 Å². The molecule has 0 spiro atoms. The van der Waals surface area contributed by atoms with Gasteiger partial charge < -0.3 is 4.74 Å². The Kier molecular flexibility index (Phi) is 1.75. The number of rotatable bonds is 2. The smallest absolute Gasteiger partial charge is 0.161 e. The summed E-state index contributed by atoms with van der Waals surface area (Å²) in [5.41, 5.74) is 2.49. The average Bonchev–Trinajstić information content (AvgIpc) is 2.43. The van der Waals surface area contributed by atoms with E-state index in [9.17, 15) is 0 Å². The topological polar surface area (TPSA) is 33.8 Å². The van der Waals surface area contributed by atoms with Crippen molar-refractivity contribution in [3.63, 3.8) is 0 Å². The zero-order valence-corrected chi connectivity index (χ0v) is 7.02. The number of hydroxylamine groups is 1. The molecule has 1 N–H and O–H groups in total. The van der Waals surface area contributed by atoms with Gasteiger partial charge in [-0.15, -0.1) is 0 Å². The Hall–Kier alpha value is -0.120. The molecular weight excluding hydrogens is 130 g/mol. The monoisotopic (exact) mass is 145 g/mol. The number of hydrogen-bond donors (Lipinski definition) is 1. The normalized spacial score (nSPS) is 32.4. The first kappa shape index (κ1) is 7.98. The van der Waals surface area contributed by atoms with Crippen molar-refractivity contribution >= 4 is 0 Å². The third-order valence-electron chi connectivity index (χ3n) is 1.15. The Morgan fingerprint density at radius 1 is 1.50 bits per heavy atom. The van der Waals surface area contributed by atoms with Crippen molar-refractivity contribution in [1.29, 1.82) is 0 Å². The molecule has 1 aliphatic rings. The van der Waals surface area contributed by atoms with Gasteiger partial charge in [-0.1, -0.05) is 0 Å². The molecule has 0 amide bonds. The molecule has 0 aliphatic carbocycles. The van der Waals surface area contributed by atoms with Crippen LogP contribution in [0.4, 0.5) is 0 Å². The standard InChI is InChI=1S/C7H15NO2/c1-6(2,3)10-8-7(4)5-9-7/h8H,5H2,1-4H3. The van der Waals surface area contributed by atoms with Crippen LogP contribution in [0.5, 0.6) is 0 Å². The van der Waals surface area contributed by atoms with Gasteiger partial charge in [-0.05, 0) is 27.7 Å². The third kappa shape index (κ3) is 2.64. The Labute approximate surface area is 61.7 Å². The van der Waals surface area contributed by atoms with Crippen LogP contribution < -0.4 is 5.48 Å². The lowest BCUT2D eigenvalue weighted by atomic mass is 10.2.